The predicted octanol–water partition coefficient (Wildman–Crippen LogP) is 3.86. The monoisotopic (exact) mass is 361 g/mol. The number of hydrogen-bond acceptors (Lipinski definition) is 1. The minimum absolute atomic E-state index is 0. The topological polar surface area (TPSA) is 26.0 Å². The standard InChI is InChI=1S/C9H10Br2ClN.ClH/c10-8-6-7(2-1-5-12)3-4-9(8,11)13;/h1-3,6H,4-5,13H2;1H. The van der Waals surface area contributed by atoms with Crippen molar-refractivity contribution in [2.75, 3.05) is 5.88 Å². The Morgan fingerprint density at radius 1 is 1.64 bits per heavy atom. The number of allylic oxidation sites excluding steroid dienone is 4. The Morgan fingerprint density at radius 3 is 2.79 bits per heavy atom. The van der Waals surface area contributed by atoms with Gasteiger partial charge in [0.25, 0.3) is 0 Å². The third kappa shape index (κ3) is 4.07. The summed E-state index contributed by atoms with van der Waals surface area (Å²) in [6.07, 6.45) is 8.72. The van der Waals surface area contributed by atoms with Gasteiger partial charge in [0.2, 0.25) is 0 Å². The number of hydrogen-bond donors (Lipinski definition) is 1. The first-order valence-corrected chi connectivity index (χ1v) is 5.96. The Bertz CT molecular complexity index is 283. The summed E-state index contributed by atoms with van der Waals surface area (Å²) in [5, 5.41) is 0. The van der Waals surface area contributed by atoms with Gasteiger partial charge in [-0.15, -0.1) is 24.0 Å². The number of alkyl halides is 2. The van der Waals surface area contributed by atoms with Crippen molar-refractivity contribution < 1.29 is 0 Å². The molecule has 0 spiro atoms. The molecular formula is C9H11Br2Cl2N. The van der Waals surface area contributed by atoms with Crippen LogP contribution in [0.1, 0.15) is 6.42 Å². The molecule has 80 valence electrons. The molecule has 1 nitrogen and oxygen atoms in total. The smallest absolute Gasteiger partial charge is 0.107 e. The molecule has 0 aromatic carbocycles. The van der Waals surface area contributed by atoms with Crippen molar-refractivity contribution in [1.29, 1.82) is 0 Å². The second-order valence-corrected chi connectivity index (χ2v) is 5.40. The summed E-state index contributed by atoms with van der Waals surface area (Å²) >= 11 is 12.4. The van der Waals surface area contributed by atoms with E-state index in [9.17, 15) is 0 Å². The van der Waals surface area contributed by atoms with Crippen LogP contribution in [0.3, 0.4) is 0 Å². The van der Waals surface area contributed by atoms with Gasteiger partial charge in [-0.2, -0.15) is 0 Å². The second kappa shape index (κ2) is 6.33. The summed E-state index contributed by atoms with van der Waals surface area (Å²) < 4.78 is 0.516. The lowest BCUT2D eigenvalue weighted by Crippen LogP contribution is -2.33. The molecule has 0 aromatic rings. The van der Waals surface area contributed by atoms with E-state index >= 15 is 0 Å². The van der Waals surface area contributed by atoms with E-state index in [4.69, 9.17) is 17.3 Å². The van der Waals surface area contributed by atoms with Gasteiger partial charge in [0.15, 0.2) is 0 Å². The van der Waals surface area contributed by atoms with Crippen LogP contribution in [0.2, 0.25) is 0 Å². The highest BCUT2D eigenvalue weighted by Crippen LogP contribution is 2.35. The molecule has 0 saturated carbocycles. The van der Waals surface area contributed by atoms with Gasteiger partial charge in [0, 0.05) is 10.4 Å². The highest BCUT2D eigenvalue weighted by molar-refractivity contribution is 9.14. The van der Waals surface area contributed by atoms with Crippen molar-refractivity contribution in [3.8, 4) is 0 Å². The quantitative estimate of drug-likeness (QED) is 0.585. The van der Waals surface area contributed by atoms with E-state index in [2.05, 4.69) is 37.9 Å². The van der Waals surface area contributed by atoms with Crippen LogP contribution < -0.4 is 5.73 Å². The molecule has 1 rings (SSSR count). The summed E-state index contributed by atoms with van der Waals surface area (Å²) in [7, 11) is 0. The Morgan fingerprint density at radius 2 is 2.29 bits per heavy atom. The molecule has 0 amide bonds. The molecule has 14 heavy (non-hydrogen) atoms. The fraction of sp³-hybridized carbons (Fsp3) is 0.333. The minimum Gasteiger partial charge on any atom is -0.312 e. The first-order valence-electron chi connectivity index (χ1n) is 3.84. The molecule has 1 unspecified atom stereocenters. The second-order valence-electron chi connectivity index (χ2n) is 2.82. The number of nitrogens with two attached hydrogens (primary N) is 1. The molecular weight excluding hydrogens is 353 g/mol. The van der Waals surface area contributed by atoms with Gasteiger partial charge in [0.05, 0.1) is 0 Å². The van der Waals surface area contributed by atoms with Gasteiger partial charge in [-0.1, -0.05) is 50.1 Å². The molecule has 1 aliphatic carbocycles. The molecule has 0 heterocycles. The summed E-state index contributed by atoms with van der Waals surface area (Å²) in [4.78, 5) is 0. The minimum atomic E-state index is -0.439. The Kier molecular flexibility index (Phi) is 6.66. The summed E-state index contributed by atoms with van der Waals surface area (Å²) in [5.41, 5.74) is 7.05. The van der Waals surface area contributed by atoms with Gasteiger partial charge < -0.3 is 5.73 Å². The lowest BCUT2D eigenvalue weighted by Gasteiger charge is -2.24. The van der Waals surface area contributed by atoms with Crippen LogP contribution in [0, 0.1) is 0 Å². The Hall–Kier alpha value is 0.720. The maximum atomic E-state index is 5.92. The van der Waals surface area contributed by atoms with Crippen LogP contribution in [-0.4, -0.2) is 10.3 Å². The van der Waals surface area contributed by atoms with Crippen LogP contribution in [0.15, 0.2) is 34.4 Å². The fourth-order valence-electron chi connectivity index (χ4n) is 0.986. The van der Waals surface area contributed by atoms with Crippen LogP contribution in [0.5, 0.6) is 0 Å². The van der Waals surface area contributed by atoms with E-state index in [1.165, 1.54) is 0 Å². The maximum absolute atomic E-state index is 5.92. The zero-order valence-corrected chi connectivity index (χ0v) is 12.1. The van der Waals surface area contributed by atoms with Gasteiger partial charge >= 0.3 is 0 Å². The Labute approximate surface area is 112 Å². The van der Waals surface area contributed by atoms with Crippen molar-refractivity contribution in [3.05, 3.63) is 34.4 Å². The van der Waals surface area contributed by atoms with E-state index in [0.717, 1.165) is 16.5 Å². The zero-order chi connectivity index (χ0) is 9.90. The van der Waals surface area contributed by atoms with Crippen molar-refractivity contribution in [2.45, 2.75) is 10.9 Å². The first kappa shape index (κ1) is 14.7. The van der Waals surface area contributed by atoms with E-state index in [0.29, 0.717) is 5.88 Å². The lowest BCUT2D eigenvalue weighted by molar-refractivity contribution is 0.762. The number of halogens is 4. The van der Waals surface area contributed by atoms with Crippen LogP contribution in [-0.2, 0) is 0 Å². The molecule has 0 aliphatic heterocycles. The van der Waals surface area contributed by atoms with E-state index < -0.39 is 4.45 Å². The molecule has 2 N–H and O–H groups in total. The maximum Gasteiger partial charge on any atom is 0.107 e. The Balaban J connectivity index is 0.00000169. The molecule has 0 radical (unpaired) electrons. The summed E-state index contributed by atoms with van der Waals surface area (Å²) in [6.45, 7) is 0. The third-order valence-corrected chi connectivity index (χ3v) is 4.12. The fourth-order valence-corrected chi connectivity index (χ4v) is 1.78. The van der Waals surface area contributed by atoms with Crippen LogP contribution in [0.25, 0.3) is 0 Å². The normalized spacial score (nSPS) is 26.9. The van der Waals surface area contributed by atoms with Crippen molar-refractivity contribution in [2.24, 2.45) is 5.73 Å². The summed E-state index contributed by atoms with van der Waals surface area (Å²) in [6, 6.07) is 0. The van der Waals surface area contributed by atoms with Crippen molar-refractivity contribution >= 4 is 55.9 Å². The van der Waals surface area contributed by atoms with Gasteiger partial charge in [-0.3, -0.25) is 0 Å². The van der Waals surface area contributed by atoms with E-state index in [-0.39, 0.29) is 12.4 Å². The van der Waals surface area contributed by atoms with Gasteiger partial charge in [-0.05, 0) is 18.1 Å². The molecule has 0 saturated heterocycles. The first-order chi connectivity index (χ1) is 6.06. The van der Waals surface area contributed by atoms with E-state index in [1.807, 2.05) is 18.2 Å². The molecule has 0 bridgehead atoms. The SMILES string of the molecule is Cl.NC1(Br)CC=C(C=CCCl)C=C1Br. The zero-order valence-electron chi connectivity index (χ0n) is 7.34. The van der Waals surface area contributed by atoms with Gasteiger partial charge in [-0.25, -0.2) is 0 Å². The van der Waals surface area contributed by atoms with E-state index in [1.54, 1.807) is 0 Å². The average molecular weight is 364 g/mol. The predicted molar refractivity (Wildman–Crippen MR) is 72.7 cm³/mol. The van der Waals surface area contributed by atoms with Crippen LogP contribution >= 0.6 is 55.9 Å². The number of rotatable bonds is 2. The third-order valence-electron chi connectivity index (χ3n) is 1.72. The molecule has 1 atom stereocenters. The van der Waals surface area contributed by atoms with Crippen molar-refractivity contribution in [3.63, 3.8) is 0 Å². The molecule has 5 heteroatoms. The average Bonchev–Trinajstić information content (AvgIpc) is 2.07. The summed E-state index contributed by atoms with van der Waals surface area (Å²) in [5.74, 6) is 0.533. The lowest BCUT2D eigenvalue weighted by atomic mass is 10.0. The van der Waals surface area contributed by atoms with Crippen LogP contribution in [0.4, 0.5) is 0 Å². The van der Waals surface area contributed by atoms with Gasteiger partial charge in [0.1, 0.15) is 4.45 Å². The van der Waals surface area contributed by atoms with Crippen molar-refractivity contribution in [1.82, 2.24) is 0 Å². The molecule has 0 fully saturated rings. The highest BCUT2D eigenvalue weighted by Gasteiger charge is 2.25. The molecule has 1 aliphatic rings. The molecule has 0 aromatic heterocycles. The largest absolute Gasteiger partial charge is 0.312 e. The highest BCUT2D eigenvalue weighted by atomic mass is 79.9.